The van der Waals surface area contributed by atoms with Crippen LogP contribution in [-0.2, 0) is 16.4 Å². The number of sulfone groups is 1. The van der Waals surface area contributed by atoms with Gasteiger partial charge >= 0.3 is 0 Å². The minimum Gasteiger partial charge on any atom is -0.330 e. The number of amides is 1. The van der Waals surface area contributed by atoms with Gasteiger partial charge in [0.1, 0.15) is 16.5 Å². The van der Waals surface area contributed by atoms with E-state index in [9.17, 15) is 17.6 Å². The predicted molar refractivity (Wildman–Crippen MR) is 120 cm³/mol. The van der Waals surface area contributed by atoms with Gasteiger partial charge in [0.25, 0.3) is 5.91 Å². The van der Waals surface area contributed by atoms with Crippen LogP contribution < -0.4 is 5.32 Å². The van der Waals surface area contributed by atoms with E-state index in [1.807, 2.05) is 27.7 Å². The smallest absolute Gasteiger partial charge is 0.259 e. The Morgan fingerprint density at radius 3 is 2.23 bits per heavy atom. The topological polar surface area (TPSA) is 68.2 Å². The van der Waals surface area contributed by atoms with E-state index in [-0.39, 0.29) is 27.1 Å². The third-order valence-electron chi connectivity index (χ3n) is 5.27. The number of rotatable bonds is 6. The quantitative estimate of drug-likeness (QED) is 0.564. The summed E-state index contributed by atoms with van der Waals surface area (Å²) in [6.07, 6.45) is 0. The lowest BCUT2D eigenvalue weighted by molar-refractivity contribution is 0.102. The van der Waals surface area contributed by atoms with Crippen LogP contribution in [0.1, 0.15) is 41.0 Å². The summed E-state index contributed by atoms with van der Waals surface area (Å²) in [5.41, 5.74) is 2.10. The number of anilines is 1. The fourth-order valence-electron chi connectivity index (χ4n) is 3.54. The van der Waals surface area contributed by atoms with Crippen molar-refractivity contribution in [3.63, 3.8) is 0 Å². The van der Waals surface area contributed by atoms with E-state index in [4.69, 9.17) is 0 Å². The number of aryl methyl sites for hydroxylation is 1. The van der Waals surface area contributed by atoms with Crippen LogP contribution in [0.5, 0.6) is 0 Å². The van der Waals surface area contributed by atoms with Gasteiger partial charge in [-0.1, -0.05) is 43.7 Å². The van der Waals surface area contributed by atoms with E-state index in [0.717, 1.165) is 11.3 Å². The number of aromatic nitrogens is 1. The van der Waals surface area contributed by atoms with Crippen molar-refractivity contribution in [1.82, 2.24) is 4.57 Å². The van der Waals surface area contributed by atoms with Crippen molar-refractivity contribution in [2.75, 3.05) is 5.32 Å². The maximum Gasteiger partial charge on any atom is 0.259 e. The molecule has 164 valence electrons. The number of nitrogens with zero attached hydrogens (tertiary/aromatic N) is 1. The molecule has 1 amide bonds. The summed E-state index contributed by atoms with van der Waals surface area (Å²) in [6.45, 7) is 9.95. The molecule has 0 unspecified atom stereocenters. The summed E-state index contributed by atoms with van der Waals surface area (Å²) in [6, 6.07) is 12.2. The first-order valence-electron chi connectivity index (χ1n) is 10.1. The summed E-state index contributed by atoms with van der Waals surface area (Å²) in [7, 11) is -3.92. The molecular weight excluding hydrogens is 415 g/mol. The first kappa shape index (κ1) is 22.7. The van der Waals surface area contributed by atoms with E-state index >= 15 is 0 Å². The average Bonchev–Trinajstić information content (AvgIpc) is 2.93. The summed E-state index contributed by atoms with van der Waals surface area (Å²) in [5.74, 6) is -0.999. The maximum absolute atomic E-state index is 14.2. The standard InChI is InChI=1S/C24H27FN2O3S/c1-15(2)14-27-18(5)17(4)22(31(29,30)19-12-10-16(3)11-13-19)23(27)26-24(28)20-8-6-7-9-21(20)25/h6-13,15H,14H2,1-5H3,(H,26,28). The van der Waals surface area contributed by atoms with Crippen molar-refractivity contribution in [3.05, 3.63) is 76.7 Å². The SMILES string of the molecule is Cc1ccc(S(=O)(=O)c2c(C)c(C)n(CC(C)C)c2NC(=O)c2ccccc2F)cc1. The molecule has 0 bridgehead atoms. The average molecular weight is 443 g/mol. The molecular formula is C24H27FN2O3S. The Hall–Kier alpha value is -2.93. The van der Waals surface area contributed by atoms with Crippen molar-refractivity contribution in [2.45, 2.75) is 51.0 Å². The Morgan fingerprint density at radius 1 is 1.03 bits per heavy atom. The molecule has 0 aliphatic rings. The van der Waals surface area contributed by atoms with Gasteiger partial charge in [-0.15, -0.1) is 0 Å². The first-order chi connectivity index (χ1) is 14.5. The summed E-state index contributed by atoms with van der Waals surface area (Å²) >= 11 is 0. The highest BCUT2D eigenvalue weighted by Gasteiger charge is 2.31. The largest absolute Gasteiger partial charge is 0.330 e. The van der Waals surface area contributed by atoms with Gasteiger partial charge < -0.3 is 9.88 Å². The zero-order valence-corrected chi connectivity index (χ0v) is 19.2. The van der Waals surface area contributed by atoms with E-state index in [1.54, 1.807) is 41.8 Å². The van der Waals surface area contributed by atoms with Crippen LogP contribution in [0, 0.1) is 32.5 Å². The van der Waals surface area contributed by atoms with Crippen LogP contribution in [0.3, 0.4) is 0 Å². The van der Waals surface area contributed by atoms with Crippen LogP contribution in [-0.4, -0.2) is 18.9 Å². The Kier molecular flexibility index (Phi) is 6.36. The molecule has 0 fully saturated rings. The van der Waals surface area contributed by atoms with E-state index in [1.165, 1.54) is 18.2 Å². The number of halogens is 1. The van der Waals surface area contributed by atoms with Gasteiger partial charge in [0, 0.05) is 12.2 Å². The van der Waals surface area contributed by atoms with Gasteiger partial charge in [-0.25, -0.2) is 12.8 Å². The molecule has 0 radical (unpaired) electrons. The van der Waals surface area contributed by atoms with Crippen molar-refractivity contribution < 1.29 is 17.6 Å². The molecule has 7 heteroatoms. The molecule has 0 saturated carbocycles. The number of hydrogen-bond donors (Lipinski definition) is 1. The molecule has 1 heterocycles. The molecule has 0 saturated heterocycles. The van der Waals surface area contributed by atoms with E-state index < -0.39 is 21.6 Å². The molecule has 0 atom stereocenters. The third kappa shape index (κ3) is 4.42. The second-order valence-corrected chi connectivity index (χ2v) is 10.0. The van der Waals surface area contributed by atoms with Gasteiger partial charge in [-0.3, -0.25) is 4.79 Å². The Morgan fingerprint density at radius 2 is 1.65 bits per heavy atom. The van der Waals surface area contributed by atoms with Crippen LogP contribution in [0.2, 0.25) is 0 Å². The van der Waals surface area contributed by atoms with Crippen LogP contribution >= 0.6 is 0 Å². The fraction of sp³-hybridized carbons (Fsp3) is 0.292. The lowest BCUT2D eigenvalue weighted by Crippen LogP contribution is -2.20. The molecule has 0 spiro atoms. The minimum absolute atomic E-state index is 0.0409. The van der Waals surface area contributed by atoms with Gasteiger partial charge in [0.15, 0.2) is 0 Å². The Balaban J connectivity index is 2.20. The van der Waals surface area contributed by atoms with Crippen LogP contribution in [0.25, 0.3) is 0 Å². The highest BCUT2D eigenvalue weighted by molar-refractivity contribution is 7.91. The molecule has 31 heavy (non-hydrogen) atoms. The van der Waals surface area contributed by atoms with Gasteiger partial charge in [0.05, 0.1) is 10.5 Å². The second kappa shape index (κ2) is 8.67. The van der Waals surface area contributed by atoms with Gasteiger partial charge in [0.2, 0.25) is 9.84 Å². The second-order valence-electron chi connectivity index (χ2n) is 8.14. The molecule has 1 aromatic heterocycles. The first-order valence-corrected chi connectivity index (χ1v) is 11.6. The number of carbonyl (C=O) groups is 1. The van der Waals surface area contributed by atoms with Crippen LogP contribution in [0.4, 0.5) is 10.2 Å². The Bertz CT molecular complexity index is 1230. The van der Waals surface area contributed by atoms with Crippen molar-refractivity contribution in [3.8, 4) is 0 Å². The summed E-state index contributed by atoms with van der Waals surface area (Å²) in [5, 5.41) is 2.70. The number of hydrogen-bond acceptors (Lipinski definition) is 3. The monoisotopic (exact) mass is 442 g/mol. The molecule has 1 N–H and O–H groups in total. The molecule has 2 aromatic carbocycles. The molecule has 0 aliphatic carbocycles. The van der Waals surface area contributed by atoms with Gasteiger partial charge in [-0.05, 0) is 56.5 Å². The number of carbonyl (C=O) groups excluding carboxylic acids is 1. The molecule has 3 rings (SSSR count). The maximum atomic E-state index is 14.2. The number of benzene rings is 2. The summed E-state index contributed by atoms with van der Waals surface area (Å²) in [4.78, 5) is 13.1. The van der Waals surface area contributed by atoms with Gasteiger partial charge in [-0.2, -0.15) is 0 Å². The van der Waals surface area contributed by atoms with Crippen molar-refractivity contribution in [1.29, 1.82) is 0 Å². The number of nitrogens with one attached hydrogen (secondary N) is 1. The minimum atomic E-state index is -3.92. The van der Waals surface area contributed by atoms with E-state index in [2.05, 4.69) is 5.32 Å². The zero-order chi connectivity index (χ0) is 22.9. The molecule has 3 aromatic rings. The van der Waals surface area contributed by atoms with Crippen LogP contribution in [0.15, 0.2) is 58.3 Å². The van der Waals surface area contributed by atoms with Crippen molar-refractivity contribution in [2.24, 2.45) is 5.92 Å². The normalized spacial score (nSPS) is 11.7. The van der Waals surface area contributed by atoms with Crippen molar-refractivity contribution >= 4 is 21.6 Å². The summed E-state index contributed by atoms with van der Waals surface area (Å²) < 4.78 is 43.1. The van der Waals surface area contributed by atoms with E-state index in [0.29, 0.717) is 12.1 Å². The Labute approximate surface area is 182 Å². The highest BCUT2D eigenvalue weighted by Crippen LogP contribution is 2.36. The predicted octanol–water partition coefficient (Wildman–Crippen LogP) is 5.29. The lowest BCUT2D eigenvalue weighted by Gasteiger charge is -2.16. The fourth-order valence-corrected chi connectivity index (χ4v) is 5.23. The molecule has 5 nitrogen and oxygen atoms in total. The lowest BCUT2D eigenvalue weighted by atomic mass is 10.2. The molecule has 0 aliphatic heterocycles. The third-order valence-corrected chi connectivity index (χ3v) is 7.20. The highest BCUT2D eigenvalue weighted by atomic mass is 32.2. The zero-order valence-electron chi connectivity index (χ0n) is 18.4.